The van der Waals surface area contributed by atoms with Crippen LogP contribution in [-0.2, 0) is 14.3 Å². The van der Waals surface area contributed by atoms with Crippen molar-refractivity contribution < 1.29 is 23.9 Å². The van der Waals surface area contributed by atoms with E-state index in [1.807, 2.05) is 0 Å². The molecule has 0 aliphatic heterocycles. The number of carbonyl (C=O) groups excluding carboxylic acids is 3. The first-order valence-electron chi connectivity index (χ1n) is 7.77. The smallest absolute Gasteiger partial charge is 0.340 e. The van der Waals surface area contributed by atoms with Crippen molar-refractivity contribution in [2.45, 2.75) is 20.8 Å². The molecule has 6 nitrogen and oxygen atoms in total. The Bertz CT molecular complexity index is 747. The Morgan fingerprint density at radius 3 is 1.72 bits per heavy atom. The van der Waals surface area contributed by atoms with Gasteiger partial charge in [0, 0.05) is 11.4 Å². The standard InChI is InChI=1S/C18H18BrNO5/c1-4-24-17(22)14-12-8-6-11(19)7-9-13(12)15(18(23)25-5-2)16(14)20-10(3)21/h6-9H,4-5H2,1-3H3,(H,20,21). The summed E-state index contributed by atoms with van der Waals surface area (Å²) in [7, 11) is 0. The maximum Gasteiger partial charge on any atom is 0.340 e. The van der Waals surface area contributed by atoms with E-state index >= 15 is 0 Å². The average molecular weight is 408 g/mol. The molecular weight excluding hydrogens is 390 g/mol. The summed E-state index contributed by atoms with van der Waals surface area (Å²) < 4.78 is 11.0. The van der Waals surface area contributed by atoms with Gasteiger partial charge in [0.25, 0.3) is 0 Å². The second kappa shape index (κ2) is 8.11. The summed E-state index contributed by atoms with van der Waals surface area (Å²) in [5.74, 6) is -1.64. The minimum Gasteiger partial charge on any atom is -0.462 e. The lowest BCUT2D eigenvalue weighted by Gasteiger charge is -2.08. The highest BCUT2D eigenvalue weighted by Gasteiger charge is 2.32. The highest BCUT2D eigenvalue weighted by Crippen LogP contribution is 2.41. The Balaban J connectivity index is 2.84. The van der Waals surface area contributed by atoms with Crippen LogP contribution in [0, 0.1) is 0 Å². The molecule has 7 heteroatoms. The lowest BCUT2D eigenvalue weighted by atomic mass is 10.1. The number of hydrogen-bond acceptors (Lipinski definition) is 5. The molecule has 2 rings (SSSR count). The Hall–Kier alpha value is -2.41. The summed E-state index contributed by atoms with van der Waals surface area (Å²) in [5, 5.41) is 2.58. The molecule has 0 saturated heterocycles. The van der Waals surface area contributed by atoms with Crippen molar-refractivity contribution in [1.29, 1.82) is 0 Å². The van der Waals surface area contributed by atoms with Crippen LogP contribution in [0.2, 0.25) is 0 Å². The van der Waals surface area contributed by atoms with E-state index in [0.29, 0.717) is 11.1 Å². The highest BCUT2D eigenvalue weighted by atomic mass is 79.9. The lowest BCUT2D eigenvalue weighted by molar-refractivity contribution is -0.114. The van der Waals surface area contributed by atoms with E-state index in [4.69, 9.17) is 9.47 Å². The molecule has 0 aromatic heterocycles. The molecule has 0 atom stereocenters. The quantitative estimate of drug-likeness (QED) is 0.760. The normalized spacial score (nSPS) is 10.4. The largest absolute Gasteiger partial charge is 0.462 e. The number of amides is 1. The highest BCUT2D eigenvalue weighted by molar-refractivity contribution is 9.10. The van der Waals surface area contributed by atoms with Crippen molar-refractivity contribution in [2.75, 3.05) is 18.5 Å². The van der Waals surface area contributed by atoms with Crippen LogP contribution in [0.4, 0.5) is 5.69 Å². The van der Waals surface area contributed by atoms with Crippen molar-refractivity contribution in [3.63, 3.8) is 0 Å². The van der Waals surface area contributed by atoms with Gasteiger partial charge in [-0.1, -0.05) is 28.1 Å². The number of anilines is 1. The van der Waals surface area contributed by atoms with Crippen molar-refractivity contribution in [2.24, 2.45) is 0 Å². The second-order valence-electron chi connectivity index (χ2n) is 5.13. The molecule has 0 aromatic carbocycles. The van der Waals surface area contributed by atoms with E-state index in [2.05, 4.69) is 21.2 Å². The predicted molar refractivity (Wildman–Crippen MR) is 97.0 cm³/mol. The summed E-state index contributed by atoms with van der Waals surface area (Å²) >= 11 is 3.37. The van der Waals surface area contributed by atoms with Gasteiger partial charge in [0.15, 0.2) is 0 Å². The van der Waals surface area contributed by atoms with Gasteiger partial charge in [0.05, 0.1) is 30.0 Å². The monoisotopic (exact) mass is 407 g/mol. The van der Waals surface area contributed by atoms with E-state index in [1.54, 1.807) is 38.1 Å². The molecule has 2 aliphatic carbocycles. The van der Waals surface area contributed by atoms with E-state index in [1.165, 1.54) is 6.92 Å². The van der Waals surface area contributed by atoms with Gasteiger partial charge in [-0.2, -0.15) is 0 Å². The molecule has 0 heterocycles. The average Bonchev–Trinajstić information content (AvgIpc) is 2.71. The molecule has 0 fully saturated rings. The second-order valence-corrected chi connectivity index (χ2v) is 6.04. The van der Waals surface area contributed by atoms with Gasteiger partial charge in [-0.3, -0.25) is 4.79 Å². The summed E-state index contributed by atoms with van der Waals surface area (Å²) in [6.45, 7) is 5.01. The Kier molecular flexibility index (Phi) is 6.14. The third kappa shape index (κ3) is 3.99. The Morgan fingerprint density at radius 1 is 0.920 bits per heavy atom. The fourth-order valence-corrected chi connectivity index (χ4v) is 2.79. The Morgan fingerprint density at radius 2 is 1.36 bits per heavy atom. The van der Waals surface area contributed by atoms with Gasteiger partial charge >= 0.3 is 11.9 Å². The molecule has 132 valence electrons. The fourth-order valence-electron chi connectivity index (χ4n) is 2.52. The van der Waals surface area contributed by atoms with Crippen LogP contribution in [0.5, 0.6) is 0 Å². The first-order valence-corrected chi connectivity index (χ1v) is 8.57. The van der Waals surface area contributed by atoms with E-state index in [0.717, 1.165) is 4.47 Å². The predicted octanol–water partition coefficient (Wildman–Crippen LogP) is 3.87. The van der Waals surface area contributed by atoms with E-state index in [-0.39, 0.29) is 30.0 Å². The molecule has 0 aromatic rings. The van der Waals surface area contributed by atoms with Crippen LogP contribution in [0.25, 0.3) is 11.1 Å². The van der Waals surface area contributed by atoms with Gasteiger partial charge in [0.2, 0.25) is 5.91 Å². The van der Waals surface area contributed by atoms with Crippen LogP contribution >= 0.6 is 15.9 Å². The lowest BCUT2D eigenvalue weighted by Crippen LogP contribution is -2.15. The molecule has 2 aliphatic rings. The first-order chi connectivity index (χ1) is 11.9. The molecular formula is C18H18BrNO5. The molecule has 0 radical (unpaired) electrons. The van der Waals surface area contributed by atoms with Crippen LogP contribution in [0.1, 0.15) is 41.5 Å². The van der Waals surface area contributed by atoms with Gasteiger partial charge in [-0.15, -0.1) is 0 Å². The summed E-state index contributed by atoms with van der Waals surface area (Å²) in [6, 6.07) is 6.88. The number of ether oxygens (including phenoxy) is 2. The van der Waals surface area contributed by atoms with Crippen molar-refractivity contribution in [1.82, 2.24) is 0 Å². The Labute approximate surface area is 154 Å². The summed E-state index contributed by atoms with van der Waals surface area (Å²) in [5.41, 5.74) is 1.38. The minimum atomic E-state index is -0.617. The number of esters is 2. The number of hydrogen-bond donors (Lipinski definition) is 1. The molecule has 1 N–H and O–H groups in total. The number of halogens is 1. The summed E-state index contributed by atoms with van der Waals surface area (Å²) in [4.78, 5) is 36.7. The van der Waals surface area contributed by atoms with Crippen LogP contribution in [-0.4, -0.2) is 31.1 Å². The maximum absolute atomic E-state index is 12.5. The first kappa shape index (κ1) is 18.9. The van der Waals surface area contributed by atoms with Gasteiger partial charge in [0.1, 0.15) is 0 Å². The number of carbonyl (C=O) groups is 3. The zero-order valence-corrected chi connectivity index (χ0v) is 15.7. The minimum absolute atomic E-state index is 0.113. The van der Waals surface area contributed by atoms with Gasteiger partial charge in [-0.25, -0.2) is 9.59 Å². The van der Waals surface area contributed by atoms with Crippen LogP contribution in [0.3, 0.4) is 0 Å². The SMILES string of the molecule is CCOC(=O)c1c2ccc(Br)ccc-2c(C(=O)OCC)c1NC(C)=O. The summed E-state index contributed by atoms with van der Waals surface area (Å²) in [6.07, 6.45) is 0. The molecule has 0 unspecified atom stereocenters. The zero-order chi connectivity index (χ0) is 18.6. The number of fused-ring (bicyclic) bond motifs is 1. The molecule has 25 heavy (non-hydrogen) atoms. The number of nitrogens with one attached hydrogen (secondary N) is 1. The van der Waals surface area contributed by atoms with Gasteiger partial charge < -0.3 is 14.8 Å². The molecule has 0 saturated carbocycles. The van der Waals surface area contributed by atoms with Gasteiger partial charge in [-0.05, 0) is 37.1 Å². The molecule has 0 bridgehead atoms. The van der Waals surface area contributed by atoms with Crippen molar-refractivity contribution >= 4 is 39.5 Å². The third-order valence-electron chi connectivity index (χ3n) is 3.41. The van der Waals surface area contributed by atoms with Crippen LogP contribution < -0.4 is 5.32 Å². The van der Waals surface area contributed by atoms with Crippen molar-refractivity contribution in [3.05, 3.63) is 39.9 Å². The number of rotatable bonds is 5. The maximum atomic E-state index is 12.5. The topological polar surface area (TPSA) is 81.7 Å². The van der Waals surface area contributed by atoms with E-state index < -0.39 is 17.8 Å². The van der Waals surface area contributed by atoms with Crippen molar-refractivity contribution in [3.8, 4) is 11.1 Å². The molecule has 1 amide bonds. The zero-order valence-electron chi connectivity index (χ0n) is 14.1. The fraction of sp³-hybridized carbons (Fsp3) is 0.278. The third-order valence-corrected chi connectivity index (χ3v) is 3.94. The molecule has 0 spiro atoms. The van der Waals surface area contributed by atoms with Crippen LogP contribution in [0.15, 0.2) is 28.7 Å². The van der Waals surface area contributed by atoms with E-state index in [9.17, 15) is 14.4 Å².